The fourth-order valence-electron chi connectivity index (χ4n) is 2.14. The summed E-state index contributed by atoms with van der Waals surface area (Å²) in [6, 6.07) is -0.108. The van der Waals surface area contributed by atoms with E-state index in [0.29, 0.717) is 11.4 Å². The topological polar surface area (TPSA) is 72.0 Å². The molecular formula is C13H21ClN6S. The van der Waals surface area contributed by atoms with Crippen molar-refractivity contribution in [2.24, 2.45) is 5.84 Å². The van der Waals surface area contributed by atoms with Crippen LogP contribution in [0.25, 0.3) is 0 Å². The zero-order valence-electron chi connectivity index (χ0n) is 12.5. The van der Waals surface area contributed by atoms with Crippen molar-refractivity contribution < 1.29 is 0 Å². The summed E-state index contributed by atoms with van der Waals surface area (Å²) < 4.78 is 1.91. The first-order valence-electron chi connectivity index (χ1n) is 6.74. The molecule has 0 aliphatic rings. The Labute approximate surface area is 133 Å². The summed E-state index contributed by atoms with van der Waals surface area (Å²) in [6.07, 6.45) is 2.36. The second-order valence-electron chi connectivity index (χ2n) is 5.19. The molecule has 0 aliphatic heterocycles. The van der Waals surface area contributed by atoms with E-state index in [2.05, 4.69) is 20.4 Å². The van der Waals surface area contributed by atoms with Crippen molar-refractivity contribution in [1.82, 2.24) is 25.1 Å². The number of rotatable bonds is 7. The zero-order valence-corrected chi connectivity index (χ0v) is 14.1. The summed E-state index contributed by atoms with van der Waals surface area (Å²) in [5.74, 6) is 5.73. The highest BCUT2D eigenvalue weighted by atomic mass is 35.5. The highest BCUT2D eigenvalue weighted by molar-refractivity contribution is 7.09. The number of hydrogen-bond acceptors (Lipinski definition) is 6. The SMILES string of the molecule is Cc1nc(CC(NN)c2c(Cl)cnn2CCN(C)C)cs1. The molecule has 0 saturated carbocycles. The molecule has 0 aliphatic carbocycles. The van der Waals surface area contributed by atoms with Gasteiger partial charge in [-0.2, -0.15) is 5.10 Å². The van der Waals surface area contributed by atoms with Crippen molar-refractivity contribution in [2.75, 3.05) is 20.6 Å². The van der Waals surface area contributed by atoms with Crippen LogP contribution in [0.1, 0.15) is 22.4 Å². The van der Waals surface area contributed by atoms with Crippen LogP contribution in [0.15, 0.2) is 11.6 Å². The van der Waals surface area contributed by atoms with Crippen LogP contribution >= 0.6 is 22.9 Å². The van der Waals surface area contributed by atoms with Crippen LogP contribution in [0.3, 0.4) is 0 Å². The number of hydrogen-bond donors (Lipinski definition) is 2. The normalized spacial score (nSPS) is 13.0. The first kappa shape index (κ1) is 16.4. The van der Waals surface area contributed by atoms with E-state index < -0.39 is 0 Å². The summed E-state index contributed by atoms with van der Waals surface area (Å²) in [7, 11) is 4.06. The predicted molar refractivity (Wildman–Crippen MR) is 86.4 cm³/mol. The lowest BCUT2D eigenvalue weighted by molar-refractivity contribution is 0.362. The predicted octanol–water partition coefficient (Wildman–Crippen LogP) is 1.61. The second-order valence-corrected chi connectivity index (χ2v) is 6.65. The number of halogens is 1. The second kappa shape index (κ2) is 7.33. The number of nitrogens with zero attached hydrogens (tertiary/aromatic N) is 4. The highest BCUT2D eigenvalue weighted by Gasteiger charge is 2.20. The fourth-order valence-corrected chi connectivity index (χ4v) is 3.04. The number of thiazole rings is 1. The van der Waals surface area contributed by atoms with E-state index in [0.717, 1.165) is 29.5 Å². The molecule has 6 nitrogen and oxygen atoms in total. The van der Waals surface area contributed by atoms with E-state index in [1.807, 2.05) is 31.1 Å². The minimum Gasteiger partial charge on any atom is -0.308 e. The van der Waals surface area contributed by atoms with Gasteiger partial charge >= 0.3 is 0 Å². The molecule has 0 aromatic carbocycles. The van der Waals surface area contributed by atoms with Crippen LogP contribution in [0, 0.1) is 6.92 Å². The first-order valence-corrected chi connectivity index (χ1v) is 8.00. The third-order valence-corrected chi connectivity index (χ3v) is 4.32. The van der Waals surface area contributed by atoms with E-state index in [1.54, 1.807) is 17.5 Å². The molecule has 116 valence electrons. The van der Waals surface area contributed by atoms with Crippen molar-refractivity contribution in [2.45, 2.75) is 25.9 Å². The van der Waals surface area contributed by atoms with Gasteiger partial charge in [-0.1, -0.05) is 11.6 Å². The third kappa shape index (κ3) is 4.24. The molecule has 21 heavy (non-hydrogen) atoms. The van der Waals surface area contributed by atoms with Gasteiger partial charge in [0.25, 0.3) is 0 Å². The Bertz CT molecular complexity index is 579. The average Bonchev–Trinajstić information content (AvgIpc) is 3.00. The average molecular weight is 329 g/mol. The summed E-state index contributed by atoms with van der Waals surface area (Å²) >= 11 is 7.93. The molecule has 1 unspecified atom stereocenters. The van der Waals surface area contributed by atoms with Gasteiger partial charge in [0.1, 0.15) is 0 Å². The largest absolute Gasteiger partial charge is 0.308 e. The maximum atomic E-state index is 6.29. The van der Waals surface area contributed by atoms with Gasteiger partial charge in [-0.25, -0.2) is 4.98 Å². The summed E-state index contributed by atoms with van der Waals surface area (Å²) in [5.41, 5.74) is 4.76. The van der Waals surface area contributed by atoms with E-state index in [4.69, 9.17) is 17.4 Å². The summed E-state index contributed by atoms with van der Waals surface area (Å²) in [4.78, 5) is 6.59. The molecule has 0 spiro atoms. The minimum atomic E-state index is -0.108. The molecule has 0 radical (unpaired) electrons. The fraction of sp³-hybridized carbons (Fsp3) is 0.538. The number of nitrogens with two attached hydrogens (primary N) is 1. The third-order valence-electron chi connectivity index (χ3n) is 3.20. The van der Waals surface area contributed by atoms with Crippen LogP contribution < -0.4 is 11.3 Å². The molecule has 2 aromatic rings. The molecule has 0 saturated heterocycles. The zero-order chi connectivity index (χ0) is 15.4. The number of nitrogens with one attached hydrogen (secondary N) is 1. The van der Waals surface area contributed by atoms with Crippen LogP contribution in [-0.2, 0) is 13.0 Å². The molecule has 2 rings (SSSR count). The first-order chi connectivity index (χ1) is 10.0. The monoisotopic (exact) mass is 328 g/mol. The molecule has 0 bridgehead atoms. The van der Waals surface area contributed by atoms with Crippen LogP contribution in [0.2, 0.25) is 5.02 Å². The number of aryl methyl sites for hydroxylation is 1. The molecule has 3 N–H and O–H groups in total. The number of hydrazine groups is 1. The molecule has 2 aromatic heterocycles. The molecule has 0 amide bonds. The van der Waals surface area contributed by atoms with Crippen molar-refractivity contribution in [3.63, 3.8) is 0 Å². The lowest BCUT2D eigenvalue weighted by atomic mass is 10.1. The van der Waals surface area contributed by atoms with Crippen LogP contribution in [-0.4, -0.2) is 40.3 Å². The number of likely N-dealkylation sites (N-methyl/N-ethyl adjacent to an activating group) is 1. The van der Waals surface area contributed by atoms with Gasteiger partial charge in [0.05, 0.1) is 40.2 Å². The van der Waals surface area contributed by atoms with Gasteiger partial charge in [0, 0.05) is 18.3 Å². The van der Waals surface area contributed by atoms with Crippen molar-refractivity contribution in [3.8, 4) is 0 Å². The van der Waals surface area contributed by atoms with Crippen molar-refractivity contribution in [1.29, 1.82) is 0 Å². The Balaban J connectivity index is 2.18. The summed E-state index contributed by atoms with van der Waals surface area (Å²) in [6.45, 7) is 3.65. The van der Waals surface area contributed by atoms with Gasteiger partial charge in [0.2, 0.25) is 0 Å². The highest BCUT2D eigenvalue weighted by Crippen LogP contribution is 2.25. The lowest BCUT2D eigenvalue weighted by Gasteiger charge is -2.18. The molecular weight excluding hydrogens is 308 g/mol. The van der Waals surface area contributed by atoms with E-state index in [9.17, 15) is 0 Å². The smallest absolute Gasteiger partial charge is 0.0897 e. The maximum Gasteiger partial charge on any atom is 0.0897 e. The summed E-state index contributed by atoms with van der Waals surface area (Å²) in [5, 5.41) is 8.08. The van der Waals surface area contributed by atoms with E-state index >= 15 is 0 Å². The Morgan fingerprint density at radius 1 is 1.52 bits per heavy atom. The molecule has 2 heterocycles. The minimum absolute atomic E-state index is 0.108. The van der Waals surface area contributed by atoms with Crippen molar-refractivity contribution >= 4 is 22.9 Å². The van der Waals surface area contributed by atoms with Gasteiger partial charge < -0.3 is 4.90 Å². The maximum absolute atomic E-state index is 6.29. The lowest BCUT2D eigenvalue weighted by Crippen LogP contribution is -2.32. The van der Waals surface area contributed by atoms with Gasteiger partial charge in [0.15, 0.2) is 0 Å². The Morgan fingerprint density at radius 2 is 2.29 bits per heavy atom. The standard InChI is InChI=1S/C13H21ClN6S/c1-9-17-10(8-21-9)6-12(18-15)13-11(14)7-16-20(13)5-4-19(2)3/h7-8,12,18H,4-6,15H2,1-3H3. The van der Waals surface area contributed by atoms with E-state index in [-0.39, 0.29) is 6.04 Å². The Hall–Kier alpha value is -0.990. The van der Waals surface area contributed by atoms with Gasteiger partial charge in [-0.3, -0.25) is 16.0 Å². The van der Waals surface area contributed by atoms with Crippen LogP contribution in [0.4, 0.5) is 0 Å². The number of aromatic nitrogens is 3. The van der Waals surface area contributed by atoms with E-state index in [1.165, 1.54) is 0 Å². The van der Waals surface area contributed by atoms with Gasteiger partial charge in [-0.05, 0) is 21.0 Å². The van der Waals surface area contributed by atoms with Crippen LogP contribution in [0.5, 0.6) is 0 Å². The Morgan fingerprint density at radius 3 is 2.86 bits per heavy atom. The molecule has 1 atom stereocenters. The Kier molecular flexibility index (Phi) is 5.72. The quantitative estimate of drug-likeness (QED) is 0.597. The molecule has 0 fully saturated rings. The molecule has 8 heteroatoms. The van der Waals surface area contributed by atoms with Crippen molar-refractivity contribution in [3.05, 3.63) is 33.0 Å². The van der Waals surface area contributed by atoms with Gasteiger partial charge in [-0.15, -0.1) is 11.3 Å².